The SMILES string of the molecule is CC(C)c1ccc(NC(=O)CN2C(=O)N[C@@](C)(C3CC3)C2=O)cc1. The number of carbonyl (C=O) groups is 3. The van der Waals surface area contributed by atoms with Crippen LogP contribution in [0.25, 0.3) is 0 Å². The van der Waals surface area contributed by atoms with Gasteiger partial charge in [0.25, 0.3) is 5.91 Å². The minimum atomic E-state index is -0.851. The van der Waals surface area contributed by atoms with Crippen molar-refractivity contribution < 1.29 is 14.4 Å². The molecule has 0 spiro atoms. The van der Waals surface area contributed by atoms with Crippen molar-refractivity contribution in [3.05, 3.63) is 29.8 Å². The Balaban J connectivity index is 1.62. The first-order valence-electron chi connectivity index (χ1n) is 8.35. The van der Waals surface area contributed by atoms with E-state index in [2.05, 4.69) is 24.5 Å². The molecule has 1 aliphatic carbocycles. The minimum Gasteiger partial charge on any atom is -0.325 e. The Hall–Kier alpha value is -2.37. The molecule has 1 atom stereocenters. The maximum Gasteiger partial charge on any atom is 0.325 e. The lowest BCUT2D eigenvalue weighted by Crippen LogP contribution is -2.46. The third-order valence-electron chi connectivity index (χ3n) is 4.86. The van der Waals surface area contributed by atoms with E-state index in [1.165, 1.54) is 5.56 Å². The predicted molar refractivity (Wildman–Crippen MR) is 90.5 cm³/mol. The number of nitrogens with zero attached hydrogens (tertiary/aromatic N) is 1. The van der Waals surface area contributed by atoms with E-state index in [1.54, 1.807) is 6.92 Å². The molecule has 2 aliphatic rings. The molecule has 3 rings (SSSR count). The number of carbonyl (C=O) groups excluding carboxylic acids is 3. The standard InChI is InChI=1S/C18H23N3O3/c1-11(2)12-4-8-14(9-5-12)19-15(22)10-21-16(23)18(3,13-6-7-13)20-17(21)24/h4-5,8-9,11,13H,6-7,10H2,1-3H3,(H,19,22)(H,20,24)/t18-/m0/s1. The third kappa shape index (κ3) is 3.00. The van der Waals surface area contributed by atoms with Gasteiger partial charge in [-0.25, -0.2) is 4.79 Å². The fraction of sp³-hybridized carbons (Fsp3) is 0.500. The molecule has 1 saturated carbocycles. The van der Waals surface area contributed by atoms with Gasteiger partial charge < -0.3 is 10.6 Å². The number of anilines is 1. The van der Waals surface area contributed by atoms with Crippen molar-refractivity contribution >= 4 is 23.5 Å². The van der Waals surface area contributed by atoms with Crippen LogP contribution < -0.4 is 10.6 Å². The summed E-state index contributed by atoms with van der Waals surface area (Å²) in [5.74, 6) is -0.0810. The van der Waals surface area contributed by atoms with Crippen molar-refractivity contribution in [1.29, 1.82) is 0 Å². The van der Waals surface area contributed by atoms with Gasteiger partial charge in [-0.15, -0.1) is 0 Å². The topological polar surface area (TPSA) is 78.5 Å². The fourth-order valence-electron chi connectivity index (χ4n) is 3.09. The number of nitrogens with one attached hydrogen (secondary N) is 2. The van der Waals surface area contributed by atoms with Crippen molar-refractivity contribution in [2.75, 3.05) is 11.9 Å². The summed E-state index contributed by atoms with van der Waals surface area (Å²) in [5.41, 5.74) is 0.986. The fourth-order valence-corrected chi connectivity index (χ4v) is 3.09. The molecular weight excluding hydrogens is 306 g/mol. The van der Waals surface area contributed by atoms with Crippen molar-refractivity contribution in [1.82, 2.24) is 10.2 Å². The van der Waals surface area contributed by atoms with E-state index >= 15 is 0 Å². The summed E-state index contributed by atoms with van der Waals surface area (Å²) < 4.78 is 0. The average Bonchev–Trinajstić information content (AvgIpc) is 3.34. The molecule has 0 radical (unpaired) electrons. The van der Waals surface area contributed by atoms with Crippen LogP contribution in [0, 0.1) is 5.92 Å². The maximum atomic E-state index is 12.5. The van der Waals surface area contributed by atoms with Crippen LogP contribution in [0.5, 0.6) is 0 Å². The second-order valence-corrected chi connectivity index (χ2v) is 7.12. The number of hydrogen-bond donors (Lipinski definition) is 2. The highest BCUT2D eigenvalue weighted by molar-refractivity contribution is 6.10. The third-order valence-corrected chi connectivity index (χ3v) is 4.86. The highest BCUT2D eigenvalue weighted by atomic mass is 16.2. The van der Waals surface area contributed by atoms with Gasteiger partial charge in [-0.3, -0.25) is 14.5 Å². The van der Waals surface area contributed by atoms with Crippen LogP contribution in [-0.4, -0.2) is 34.8 Å². The average molecular weight is 329 g/mol. The molecule has 1 heterocycles. The van der Waals surface area contributed by atoms with Gasteiger partial charge in [-0.1, -0.05) is 26.0 Å². The van der Waals surface area contributed by atoms with Gasteiger partial charge in [-0.05, 0) is 49.3 Å². The van der Waals surface area contributed by atoms with Crippen LogP contribution in [-0.2, 0) is 9.59 Å². The molecule has 0 bridgehead atoms. The van der Waals surface area contributed by atoms with Crippen LogP contribution in [0.2, 0.25) is 0 Å². The van der Waals surface area contributed by atoms with E-state index in [-0.39, 0.29) is 24.3 Å². The summed E-state index contributed by atoms with van der Waals surface area (Å²) in [5, 5.41) is 5.47. The predicted octanol–water partition coefficient (Wildman–Crippen LogP) is 2.47. The summed E-state index contributed by atoms with van der Waals surface area (Å²) in [6.45, 7) is 5.68. The Labute approximate surface area is 141 Å². The Morgan fingerprint density at radius 2 is 1.92 bits per heavy atom. The zero-order valence-electron chi connectivity index (χ0n) is 14.3. The van der Waals surface area contributed by atoms with Crippen LogP contribution >= 0.6 is 0 Å². The zero-order valence-corrected chi connectivity index (χ0v) is 14.3. The van der Waals surface area contributed by atoms with E-state index in [1.807, 2.05) is 24.3 Å². The number of benzene rings is 1. The van der Waals surface area contributed by atoms with E-state index in [0.29, 0.717) is 11.6 Å². The molecule has 24 heavy (non-hydrogen) atoms. The number of amides is 4. The van der Waals surface area contributed by atoms with Crippen molar-refractivity contribution in [3.8, 4) is 0 Å². The van der Waals surface area contributed by atoms with Crippen LogP contribution in [0.3, 0.4) is 0 Å². The molecule has 6 nitrogen and oxygen atoms in total. The molecule has 128 valence electrons. The van der Waals surface area contributed by atoms with Gasteiger partial charge in [0.1, 0.15) is 12.1 Å². The number of imide groups is 1. The van der Waals surface area contributed by atoms with Crippen LogP contribution in [0.1, 0.15) is 45.1 Å². The van der Waals surface area contributed by atoms with Gasteiger partial charge in [0.2, 0.25) is 5.91 Å². The van der Waals surface area contributed by atoms with E-state index in [9.17, 15) is 14.4 Å². The molecule has 1 saturated heterocycles. The van der Waals surface area contributed by atoms with E-state index in [0.717, 1.165) is 17.7 Å². The van der Waals surface area contributed by atoms with Crippen molar-refractivity contribution in [2.24, 2.45) is 5.92 Å². The Morgan fingerprint density at radius 1 is 1.29 bits per heavy atom. The summed E-state index contributed by atoms with van der Waals surface area (Å²) in [6.07, 6.45) is 1.87. The summed E-state index contributed by atoms with van der Waals surface area (Å²) >= 11 is 0. The van der Waals surface area contributed by atoms with Crippen molar-refractivity contribution in [2.45, 2.75) is 45.1 Å². The van der Waals surface area contributed by atoms with Crippen LogP contribution in [0.15, 0.2) is 24.3 Å². The van der Waals surface area contributed by atoms with Gasteiger partial charge in [0.05, 0.1) is 0 Å². The maximum absolute atomic E-state index is 12.5. The first-order chi connectivity index (χ1) is 11.3. The summed E-state index contributed by atoms with van der Waals surface area (Å²) in [4.78, 5) is 37.7. The monoisotopic (exact) mass is 329 g/mol. The van der Waals surface area contributed by atoms with Crippen LogP contribution in [0.4, 0.5) is 10.5 Å². The lowest BCUT2D eigenvalue weighted by molar-refractivity contribution is -0.134. The molecule has 1 aromatic rings. The molecule has 2 fully saturated rings. The lowest BCUT2D eigenvalue weighted by Gasteiger charge is -2.20. The molecule has 0 unspecified atom stereocenters. The van der Waals surface area contributed by atoms with Gasteiger partial charge in [0.15, 0.2) is 0 Å². The quantitative estimate of drug-likeness (QED) is 0.815. The lowest BCUT2D eigenvalue weighted by atomic mass is 9.96. The Bertz CT molecular complexity index is 679. The van der Waals surface area contributed by atoms with Gasteiger partial charge in [-0.2, -0.15) is 0 Å². The molecular formula is C18H23N3O3. The van der Waals surface area contributed by atoms with Crippen molar-refractivity contribution in [3.63, 3.8) is 0 Å². The highest BCUT2D eigenvalue weighted by Gasteiger charge is 2.56. The number of hydrogen-bond acceptors (Lipinski definition) is 3. The Kier molecular flexibility index (Phi) is 4.07. The van der Waals surface area contributed by atoms with E-state index in [4.69, 9.17) is 0 Å². The number of rotatable bonds is 5. The summed E-state index contributed by atoms with van der Waals surface area (Å²) in [6, 6.07) is 7.08. The van der Waals surface area contributed by atoms with Gasteiger partial charge >= 0.3 is 6.03 Å². The molecule has 1 aromatic carbocycles. The first-order valence-corrected chi connectivity index (χ1v) is 8.35. The smallest absolute Gasteiger partial charge is 0.325 e. The highest BCUT2D eigenvalue weighted by Crippen LogP contribution is 2.42. The molecule has 2 N–H and O–H groups in total. The largest absolute Gasteiger partial charge is 0.325 e. The molecule has 4 amide bonds. The first kappa shape index (κ1) is 16.5. The zero-order chi connectivity index (χ0) is 17.5. The van der Waals surface area contributed by atoms with Gasteiger partial charge in [0, 0.05) is 5.69 Å². The molecule has 0 aromatic heterocycles. The second kappa shape index (κ2) is 5.92. The van der Waals surface area contributed by atoms with E-state index < -0.39 is 11.6 Å². The summed E-state index contributed by atoms with van der Waals surface area (Å²) in [7, 11) is 0. The molecule has 6 heteroatoms. The normalized spacial score (nSPS) is 23.6. The Morgan fingerprint density at radius 3 is 2.46 bits per heavy atom. The number of urea groups is 1. The molecule has 1 aliphatic heterocycles. The second-order valence-electron chi connectivity index (χ2n) is 7.12. The minimum absolute atomic E-state index is 0.186.